The molecule has 0 aliphatic rings. The van der Waals surface area contributed by atoms with Gasteiger partial charge in [0.1, 0.15) is 11.5 Å². The number of imidazole rings is 1. The smallest absolute Gasteiger partial charge is 0.292 e. The molecule has 0 saturated carbocycles. The molecule has 0 aliphatic carbocycles. The van der Waals surface area contributed by atoms with E-state index in [0.29, 0.717) is 11.5 Å². The molecule has 0 fully saturated rings. The van der Waals surface area contributed by atoms with Gasteiger partial charge in [0, 0.05) is 12.3 Å². The lowest BCUT2D eigenvalue weighted by molar-refractivity contribution is -0.383. The molecule has 6 heteroatoms. The van der Waals surface area contributed by atoms with Crippen molar-refractivity contribution in [2.24, 2.45) is 0 Å². The van der Waals surface area contributed by atoms with Crippen molar-refractivity contribution in [3.63, 3.8) is 0 Å². The van der Waals surface area contributed by atoms with Crippen LogP contribution in [0.4, 0.5) is 17.2 Å². The Hall–Kier alpha value is -2.37. The predicted molar refractivity (Wildman–Crippen MR) is 55.0 cm³/mol. The van der Waals surface area contributed by atoms with Crippen molar-refractivity contribution in [1.82, 2.24) is 9.97 Å². The molecule has 2 aromatic rings. The molecule has 2 N–H and O–H groups in total. The quantitative estimate of drug-likeness (QED) is 0.592. The summed E-state index contributed by atoms with van der Waals surface area (Å²) in [6.45, 7) is 0. The summed E-state index contributed by atoms with van der Waals surface area (Å²) in [5, 5.41) is 13.5. The minimum absolute atomic E-state index is 0.0282. The fourth-order valence-corrected chi connectivity index (χ4v) is 1.21. The summed E-state index contributed by atoms with van der Waals surface area (Å²) in [4.78, 5) is 16.9. The lowest BCUT2D eigenvalue weighted by Crippen LogP contribution is -1.96. The standard InChI is InChI=1S/C9H8N4O2/c14-13(15)8-4-2-1-3-7(8)12-9-5-10-6-11-9/h1-6,12H,(H,10,11). The molecule has 1 aromatic heterocycles. The third-order valence-corrected chi connectivity index (χ3v) is 1.86. The number of para-hydroxylation sites is 2. The monoisotopic (exact) mass is 204 g/mol. The predicted octanol–water partition coefficient (Wildman–Crippen LogP) is 2.06. The number of nitro benzene ring substituents is 1. The maximum atomic E-state index is 10.7. The van der Waals surface area contributed by atoms with Crippen LogP contribution < -0.4 is 5.32 Å². The molecule has 0 spiro atoms. The van der Waals surface area contributed by atoms with Crippen LogP contribution in [0, 0.1) is 10.1 Å². The van der Waals surface area contributed by atoms with E-state index in [2.05, 4.69) is 15.3 Å². The minimum atomic E-state index is -0.436. The first kappa shape index (κ1) is 9.20. The lowest BCUT2D eigenvalue weighted by Gasteiger charge is -2.02. The number of aromatic amines is 1. The molecule has 2 rings (SSSR count). The highest BCUT2D eigenvalue weighted by Gasteiger charge is 2.12. The van der Waals surface area contributed by atoms with E-state index in [1.807, 2.05) is 0 Å². The first-order valence-corrected chi connectivity index (χ1v) is 4.26. The van der Waals surface area contributed by atoms with E-state index >= 15 is 0 Å². The Kier molecular flexibility index (Phi) is 2.32. The van der Waals surface area contributed by atoms with Gasteiger partial charge in [-0.05, 0) is 6.07 Å². The summed E-state index contributed by atoms with van der Waals surface area (Å²) in [5.41, 5.74) is 0.454. The number of nitrogens with zero attached hydrogens (tertiary/aromatic N) is 2. The summed E-state index contributed by atoms with van der Waals surface area (Å²) in [6.07, 6.45) is 3.12. The number of hydrogen-bond acceptors (Lipinski definition) is 4. The zero-order chi connectivity index (χ0) is 10.7. The highest BCUT2D eigenvalue weighted by Crippen LogP contribution is 2.25. The summed E-state index contributed by atoms with van der Waals surface area (Å²) in [7, 11) is 0. The van der Waals surface area contributed by atoms with E-state index < -0.39 is 4.92 Å². The Bertz CT molecular complexity index is 467. The van der Waals surface area contributed by atoms with Crippen LogP contribution in [-0.2, 0) is 0 Å². The largest absolute Gasteiger partial charge is 0.349 e. The minimum Gasteiger partial charge on any atom is -0.349 e. The van der Waals surface area contributed by atoms with E-state index in [0.717, 1.165) is 0 Å². The molecule has 0 bridgehead atoms. The molecule has 76 valence electrons. The second-order valence-electron chi connectivity index (χ2n) is 2.85. The van der Waals surface area contributed by atoms with Crippen molar-refractivity contribution < 1.29 is 4.92 Å². The molecular formula is C9H8N4O2. The van der Waals surface area contributed by atoms with Gasteiger partial charge in [-0.2, -0.15) is 0 Å². The van der Waals surface area contributed by atoms with Gasteiger partial charge in [0.05, 0.1) is 11.3 Å². The van der Waals surface area contributed by atoms with E-state index in [-0.39, 0.29) is 5.69 Å². The molecule has 6 nitrogen and oxygen atoms in total. The average Bonchev–Trinajstić information content (AvgIpc) is 2.71. The molecule has 0 aliphatic heterocycles. The third-order valence-electron chi connectivity index (χ3n) is 1.86. The van der Waals surface area contributed by atoms with E-state index in [4.69, 9.17) is 0 Å². The zero-order valence-electron chi connectivity index (χ0n) is 7.68. The van der Waals surface area contributed by atoms with Crippen LogP contribution in [0.15, 0.2) is 36.8 Å². The molecule has 0 atom stereocenters. The van der Waals surface area contributed by atoms with E-state index in [1.54, 1.807) is 24.4 Å². The SMILES string of the molecule is O=[N+]([O-])c1ccccc1Nc1c[nH]cn1. The van der Waals surface area contributed by atoms with Crippen LogP contribution in [-0.4, -0.2) is 14.9 Å². The Labute approximate surface area is 85.1 Å². The number of hydrogen-bond donors (Lipinski definition) is 2. The summed E-state index contributed by atoms with van der Waals surface area (Å²) < 4.78 is 0. The summed E-state index contributed by atoms with van der Waals surface area (Å²) in [5.74, 6) is 0.546. The van der Waals surface area contributed by atoms with Gasteiger partial charge < -0.3 is 10.3 Å². The van der Waals surface area contributed by atoms with Crippen LogP contribution in [0.25, 0.3) is 0 Å². The summed E-state index contributed by atoms with van der Waals surface area (Å²) >= 11 is 0. The molecule has 15 heavy (non-hydrogen) atoms. The van der Waals surface area contributed by atoms with Gasteiger partial charge in [-0.3, -0.25) is 10.1 Å². The first-order chi connectivity index (χ1) is 7.27. The molecule has 1 heterocycles. The van der Waals surface area contributed by atoms with Gasteiger partial charge in [0.25, 0.3) is 5.69 Å². The molecule has 0 amide bonds. The zero-order valence-corrected chi connectivity index (χ0v) is 7.68. The normalized spacial score (nSPS) is 9.87. The van der Waals surface area contributed by atoms with E-state index in [1.165, 1.54) is 12.4 Å². The van der Waals surface area contributed by atoms with Gasteiger partial charge in [0.2, 0.25) is 0 Å². The molecular weight excluding hydrogens is 196 g/mol. The van der Waals surface area contributed by atoms with Crippen LogP contribution in [0.1, 0.15) is 0 Å². The van der Waals surface area contributed by atoms with Crippen molar-refractivity contribution in [2.75, 3.05) is 5.32 Å². The number of rotatable bonds is 3. The Morgan fingerprint density at radius 2 is 2.20 bits per heavy atom. The molecule has 0 radical (unpaired) electrons. The lowest BCUT2D eigenvalue weighted by atomic mass is 10.2. The number of benzene rings is 1. The number of aromatic nitrogens is 2. The maximum Gasteiger partial charge on any atom is 0.292 e. The van der Waals surface area contributed by atoms with Gasteiger partial charge in [-0.1, -0.05) is 12.1 Å². The number of nitrogens with one attached hydrogen (secondary N) is 2. The number of anilines is 2. The second-order valence-corrected chi connectivity index (χ2v) is 2.85. The van der Waals surface area contributed by atoms with Crippen molar-refractivity contribution in [2.45, 2.75) is 0 Å². The van der Waals surface area contributed by atoms with E-state index in [9.17, 15) is 10.1 Å². The van der Waals surface area contributed by atoms with Crippen LogP contribution in [0.5, 0.6) is 0 Å². The van der Waals surface area contributed by atoms with Crippen molar-refractivity contribution in [1.29, 1.82) is 0 Å². The number of H-pyrrole nitrogens is 1. The van der Waals surface area contributed by atoms with Crippen molar-refractivity contribution in [3.8, 4) is 0 Å². The first-order valence-electron chi connectivity index (χ1n) is 4.26. The highest BCUT2D eigenvalue weighted by atomic mass is 16.6. The fourth-order valence-electron chi connectivity index (χ4n) is 1.21. The van der Waals surface area contributed by atoms with Crippen molar-refractivity contribution in [3.05, 3.63) is 46.9 Å². The van der Waals surface area contributed by atoms with Gasteiger partial charge >= 0.3 is 0 Å². The Balaban J connectivity index is 2.32. The second kappa shape index (κ2) is 3.79. The van der Waals surface area contributed by atoms with Gasteiger partial charge in [0.15, 0.2) is 0 Å². The van der Waals surface area contributed by atoms with Crippen LogP contribution >= 0.6 is 0 Å². The average molecular weight is 204 g/mol. The summed E-state index contributed by atoms with van der Waals surface area (Å²) in [6, 6.07) is 6.41. The van der Waals surface area contributed by atoms with Crippen molar-refractivity contribution >= 4 is 17.2 Å². The number of nitro groups is 1. The van der Waals surface area contributed by atoms with Crippen LogP contribution in [0.3, 0.4) is 0 Å². The Morgan fingerprint density at radius 3 is 2.87 bits per heavy atom. The van der Waals surface area contributed by atoms with Gasteiger partial charge in [-0.15, -0.1) is 0 Å². The fraction of sp³-hybridized carbons (Fsp3) is 0. The van der Waals surface area contributed by atoms with Crippen LogP contribution in [0.2, 0.25) is 0 Å². The van der Waals surface area contributed by atoms with Gasteiger partial charge in [-0.25, -0.2) is 4.98 Å². The third kappa shape index (κ3) is 1.93. The highest BCUT2D eigenvalue weighted by molar-refractivity contribution is 5.67. The topological polar surface area (TPSA) is 83.9 Å². The Morgan fingerprint density at radius 1 is 1.40 bits per heavy atom. The molecule has 1 aromatic carbocycles. The maximum absolute atomic E-state index is 10.7. The molecule has 0 unspecified atom stereocenters. The molecule has 0 saturated heterocycles.